The van der Waals surface area contributed by atoms with Gasteiger partial charge in [0.15, 0.2) is 9.84 Å². The molecule has 0 aromatic heterocycles. The van der Waals surface area contributed by atoms with Crippen molar-refractivity contribution in [2.75, 3.05) is 29.9 Å². The van der Waals surface area contributed by atoms with Crippen LogP contribution < -0.4 is 16.0 Å². The van der Waals surface area contributed by atoms with Gasteiger partial charge in [0.25, 0.3) is 0 Å². The maximum Gasteiger partial charge on any atom is 0.239 e. The lowest BCUT2D eigenvalue weighted by molar-refractivity contribution is -0.120. The third-order valence-electron chi connectivity index (χ3n) is 2.58. The minimum absolute atomic E-state index is 0.115. The fraction of sp³-hybridized carbons (Fsp3) is 0.357. The molecule has 0 aliphatic carbocycles. The van der Waals surface area contributed by atoms with Crippen molar-refractivity contribution in [2.24, 2.45) is 0 Å². The van der Waals surface area contributed by atoms with Crippen molar-refractivity contribution in [3.8, 4) is 0 Å². The molecule has 0 atom stereocenters. The molecule has 0 spiro atoms. The van der Waals surface area contributed by atoms with E-state index in [4.69, 9.17) is 0 Å². The lowest BCUT2D eigenvalue weighted by Crippen LogP contribution is -2.38. The zero-order valence-electron chi connectivity index (χ0n) is 12.7. The van der Waals surface area contributed by atoms with Crippen LogP contribution in [0.15, 0.2) is 30.3 Å². The highest BCUT2D eigenvalue weighted by Gasteiger charge is 2.20. The van der Waals surface area contributed by atoms with Gasteiger partial charge in [0.1, 0.15) is 11.5 Å². The molecule has 3 amide bonds. The monoisotopic (exact) mass is 341 g/mol. The maximum atomic E-state index is 11.8. The van der Waals surface area contributed by atoms with E-state index in [2.05, 4.69) is 16.0 Å². The summed E-state index contributed by atoms with van der Waals surface area (Å²) in [5, 5.41) is 7.25. The van der Waals surface area contributed by atoms with E-state index in [1.54, 1.807) is 30.3 Å². The first-order chi connectivity index (χ1) is 10.8. The van der Waals surface area contributed by atoms with Crippen LogP contribution in [0.4, 0.5) is 5.69 Å². The van der Waals surface area contributed by atoms with Crippen LogP contribution in [-0.2, 0) is 24.2 Å². The normalized spacial score (nSPS) is 10.7. The van der Waals surface area contributed by atoms with Gasteiger partial charge >= 0.3 is 0 Å². The first kappa shape index (κ1) is 18.6. The summed E-state index contributed by atoms with van der Waals surface area (Å²) in [5.74, 6) is -3.23. The van der Waals surface area contributed by atoms with Gasteiger partial charge in [-0.15, -0.1) is 0 Å². The summed E-state index contributed by atoms with van der Waals surface area (Å²) in [5.41, 5.74) is 0.479. The highest BCUT2D eigenvalue weighted by molar-refractivity contribution is 7.92. The number of nitrogens with one attached hydrogen (secondary N) is 3. The van der Waals surface area contributed by atoms with Crippen molar-refractivity contribution < 1.29 is 22.8 Å². The predicted octanol–water partition coefficient (Wildman–Crippen LogP) is -0.708. The van der Waals surface area contributed by atoms with E-state index in [1.165, 1.54) is 6.92 Å². The Labute approximate surface area is 134 Å². The number of carbonyl (C=O) groups is 3. The molecule has 0 bridgehead atoms. The van der Waals surface area contributed by atoms with Crippen molar-refractivity contribution in [2.45, 2.75) is 6.92 Å². The summed E-state index contributed by atoms with van der Waals surface area (Å²) in [6.07, 6.45) is 0. The number of hydrogen-bond acceptors (Lipinski definition) is 5. The van der Waals surface area contributed by atoms with Crippen molar-refractivity contribution in [1.29, 1.82) is 0 Å². The molecule has 0 heterocycles. The lowest BCUT2D eigenvalue weighted by atomic mass is 10.3. The number of benzene rings is 1. The number of amides is 3. The lowest BCUT2D eigenvalue weighted by Gasteiger charge is -2.07. The predicted molar refractivity (Wildman–Crippen MR) is 85.4 cm³/mol. The molecule has 0 saturated heterocycles. The number of hydrogen-bond donors (Lipinski definition) is 3. The third-order valence-corrected chi connectivity index (χ3v) is 3.98. The van der Waals surface area contributed by atoms with Crippen molar-refractivity contribution in [3.63, 3.8) is 0 Å². The minimum atomic E-state index is -3.87. The van der Waals surface area contributed by atoms with Gasteiger partial charge in [0, 0.05) is 25.7 Å². The van der Waals surface area contributed by atoms with E-state index in [-0.39, 0.29) is 19.0 Å². The SMILES string of the molecule is CC(=O)NCCNC(=O)CS(=O)(=O)CC(=O)Nc1ccccc1. The quantitative estimate of drug-likeness (QED) is 0.539. The van der Waals surface area contributed by atoms with Gasteiger partial charge in [0.2, 0.25) is 17.7 Å². The second-order valence-corrected chi connectivity index (χ2v) is 6.84. The fourth-order valence-corrected chi connectivity index (χ4v) is 2.74. The molecule has 0 radical (unpaired) electrons. The number of carbonyl (C=O) groups excluding carboxylic acids is 3. The van der Waals surface area contributed by atoms with Crippen molar-refractivity contribution >= 4 is 33.2 Å². The summed E-state index contributed by atoms with van der Waals surface area (Å²) in [6, 6.07) is 8.41. The molecular weight excluding hydrogens is 322 g/mol. The molecule has 0 saturated carbocycles. The first-order valence-corrected chi connectivity index (χ1v) is 8.67. The standard InChI is InChI=1S/C14H19N3O5S/c1-11(18)15-7-8-16-13(19)9-23(21,22)10-14(20)17-12-5-3-2-4-6-12/h2-6H,7-10H2,1H3,(H,15,18)(H,16,19)(H,17,20). The fourth-order valence-electron chi connectivity index (χ4n) is 1.66. The van der Waals surface area contributed by atoms with Gasteiger partial charge < -0.3 is 16.0 Å². The van der Waals surface area contributed by atoms with Crippen LogP contribution in [0.2, 0.25) is 0 Å². The molecular formula is C14H19N3O5S. The van der Waals surface area contributed by atoms with Gasteiger partial charge in [0.05, 0.1) is 0 Å². The number of anilines is 1. The van der Waals surface area contributed by atoms with E-state index >= 15 is 0 Å². The molecule has 9 heteroatoms. The Morgan fingerprint density at radius 2 is 1.48 bits per heavy atom. The zero-order chi connectivity index (χ0) is 17.3. The molecule has 0 aliphatic rings. The van der Waals surface area contributed by atoms with E-state index < -0.39 is 33.2 Å². The highest BCUT2D eigenvalue weighted by atomic mass is 32.2. The Morgan fingerprint density at radius 3 is 2.09 bits per heavy atom. The topological polar surface area (TPSA) is 121 Å². The minimum Gasteiger partial charge on any atom is -0.355 e. The van der Waals surface area contributed by atoms with Gasteiger partial charge in [-0.3, -0.25) is 14.4 Å². The molecule has 3 N–H and O–H groups in total. The summed E-state index contributed by atoms with van der Waals surface area (Å²) in [7, 11) is -3.87. The van der Waals surface area contributed by atoms with Gasteiger partial charge in [-0.25, -0.2) is 8.42 Å². The van der Waals surface area contributed by atoms with Crippen LogP contribution >= 0.6 is 0 Å². The average molecular weight is 341 g/mol. The molecule has 1 rings (SSSR count). The molecule has 0 aliphatic heterocycles. The Balaban J connectivity index is 2.38. The van der Waals surface area contributed by atoms with E-state index in [0.717, 1.165) is 0 Å². The third kappa shape index (κ3) is 8.57. The van der Waals surface area contributed by atoms with Crippen molar-refractivity contribution in [1.82, 2.24) is 10.6 Å². The van der Waals surface area contributed by atoms with Crippen LogP contribution in [0.25, 0.3) is 0 Å². The number of sulfone groups is 1. The van der Waals surface area contributed by atoms with Crippen LogP contribution in [0.5, 0.6) is 0 Å². The summed E-state index contributed by atoms with van der Waals surface area (Å²) >= 11 is 0. The van der Waals surface area contributed by atoms with E-state index in [0.29, 0.717) is 5.69 Å². The zero-order valence-corrected chi connectivity index (χ0v) is 13.5. The molecule has 0 fully saturated rings. The number of para-hydroxylation sites is 1. The second-order valence-electron chi connectivity index (χ2n) is 4.78. The molecule has 1 aromatic rings. The maximum absolute atomic E-state index is 11.8. The second kappa shape index (κ2) is 8.89. The van der Waals surface area contributed by atoms with Gasteiger partial charge in [-0.2, -0.15) is 0 Å². The first-order valence-electron chi connectivity index (χ1n) is 6.85. The molecule has 8 nitrogen and oxygen atoms in total. The number of rotatable bonds is 8. The van der Waals surface area contributed by atoms with Crippen LogP contribution in [-0.4, -0.2) is 50.7 Å². The molecule has 23 heavy (non-hydrogen) atoms. The summed E-state index contributed by atoms with van der Waals surface area (Å²) in [4.78, 5) is 33.8. The van der Waals surface area contributed by atoms with Crippen LogP contribution in [0.1, 0.15) is 6.92 Å². The highest BCUT2D eigenvalue weighted by Crippen LogP contribution is 2.05. The molecule has 1 aromatic carbocycles. The molecule has 0 unspecified atom stereocenters. The van der Waals surface area contributed by atoms with Gasteiger partial charge in [-0.1, -0.05) is 18.2 Å². The molecule has 126 valence electrons. The van der Waals surface area contributed by atoms with Crippen LogP contribution in [0, 0.1) is 0 Å². The largest absolute Gasteiger partial charge is 0.355 e. The smallest absolute Gasteiger partial charge is 0.239 e. The van der Waals surface area contributed by atoms with Gasteiger partial charge in [-0.05, 0) is 12.1 Å². The summed E-state index contributed by atoms with van der Waals surface area (Å²) < 4.78 is 23.6. The van der Waals surface area contributed by atoms with E-state index in [1.807, 2.05) is 0 Å². The van der Waals surface area contributed by atoms with E-state index in [9.17, 15) is 22.8 Å². The van der Waals surface area contributed by atoms with Crippen LogP contribution in [0.3, 0.4) is 0 Å². The Hall–Kier alpha value is -2.42. The van der Waals surface area contributed by atoms with Crippen molar-refractivity contribution in [3.05, 3.63) is 30.3 Å². The Kier molecular flexibility index (Phi) is 7.20. The Morgan fingerprint density at radius 1 is 0.913 bits per heavy atom. The Bertz CT molecular complexity index is 658. The summed E-state index contributed by atoms with van der Waals surface area (Å²) in [6.45, 7) is 1.65. The average Bonchev–Trinajstić information content (AvgIpc) is 2.43.